The van der Waals surface area contributed by atoms with Crippen molar-refractivity contribution in [3.8, 4) is 0 Å². The molecule has 0 saturated heterocycles. The molecule has 110 valence electrons. The predicted octanol–water partition coefficient (Wildman–Crippen LogP) is 2.85. The lowest BCUT2D eigenvalue weighted by molar-refractivity contribution is -0.00864. The topological polar surface area (TPSA) is 67.9 Å². The quantitative estimate of drug-likeness (QED) is 0.632. The highest BCUT2D eigenvalue weighted by Gasteiger charge is 2.30. The Hall–Kier alpha value is -1.56. The summed E-state index contributed by atoms with van der Waals surface area (Å²) in [6.45, 7) is 14.0. The van der Waals surface area contributed by atoms with Crippen molar-refractivity contribution < 1.29 is 19.1 Å². The molecule has 0 fully saturated rings. The first-order valence-corrected chi connectivity index (χ1v) is 6.07. The van der Waals surface area contributed by atoms with Crippen LogP contribution < -0.4 is 5.43 Å². The summed E-state index contributed by atoms with van der Waals surface area (Å²) in [5, 5.41) is 0.707. The Kier molecular flexibility index (Phi) is 6.02. The van der Waals surface area contributed by atoms with E-state index in [0.29, 0.717) is 5.01 Å². The van der Waals surface area contributed by atoms with Crippen LogP contribution in [0.4, 0.5) is 9.59 Å². The summed E-state index contributed by atoms with van der Waals surface area (Å²) in [6, 6.07) is 0. The molecule has 0 radical (unpaired) electrons. The summed E-state index contributed by atoms with van der Waals surface area (Å²) in [5.74, 6) is 0. The second-order valence-corrected chi connectivity index (χ2v) is 5.95. The number of hydrogen-bond acceptors (Lipinski definition) is 5. The number of carbonyl (C=O) groups excluding carboxylic acids is 2. The van der Waals surface area contributed by atoms with Crippen LogP contribution in [0.3, 0.4) is 0 Å². The molecule has 1 N–H and O–H groups in total. The fourth-order valence-electron chi connectivity index (χ4n) is 0.975. The van der Waals surface area contributed by atoms with E-state index >= 15 is 0 Å². The molecule has 0 aromatic heterocycles. The van der Waals surface area contributed by atoms with Gasteiger partial charge >= 0.3 is 12.2 Å². The van der Waals surface area contributed by atoms with Crippen LogP contribution in [0.25, 0.3) is 0 Å². The van der Waals surface area contributed by atoms with E-state index in [-0.39, 0.29) is 6.54 Å². The van der Waals surface area contributed by atoms with Gasteiger partial charge in [0.05, 0.1) is 0 Å². The summed E-state index contributed by atoms with van der Waals surface area (Å²) < 4.78 is 10.2. The molecule has 0 atom stereocenters. The van der Waals surface area contributed by atoms with Crippen LogP contribution in [0.5, 0.6) is 0 Å². The normalized spacial score (nSPS) is 11.7. The lowest BCUT2D eigenvalue weighted by Gasteiger charge is -2.28. The van der Waals surface area contributed by atoms with Crippen LogP contribution in [0.1, 0.15) is 41.5 Å². The number of hydrogen-bond donors (Lipinski definition) is 1. The van der Waals surface area contributed by atoms with E-state index in [4.69, 9.17) is 9.47 Å². The molecule has 0 aliphatic carbocycles. The second kappa shape index (κ2) is 6.56. The van der Waals surface area contributed by atoms with Gasteiger partial charge < -0.3 is 9.47 Å². The molecular formula is C13H24N2O4. The van der Waals surface area contributed by atoms with Crippen LogP contribution in [0, 0.1) is 0 Å². The Morgan fingerprint density at radius 3 is 1.68 bits per heavy atom. The SMILES string of the molecule is C=CCNN(C(=O)OC(C)(C)C)C(=O)OC(C)(C)C. The average molecular weight is 272 g/mol. The summed E-state index contributed by atoms with van der Waals surface area (Å²) in [7, 11) is 0. The molecule has 0 saturated carbocycles. The van der Waals surface area contributed by atoms with Gasteiger partial charge in [-0.2, -0.15) is 0 Å². The van der Waals surface area contributed by atoms with E-state index in [2.05, 4.69) is 12.0 Å². The molecule has 0 bridgehead atoms. The molecule has 0 spiro atoms. The Labute approximate surface area is 114 Å². The van der Waals surface area contributed by atoms with Crippen molar-refractivity contribution in [2.75, 3.05) is 6.54 Å². The van der Waals surface area contributed by atoms with Crippen molar-refractivity contribution in [1.29, 1.82) is 0 Å². The Bertz CT molecular complexity index is 312. The third kappa shape index (κ3) is 8.20. The standard InChI is InChI=1S/C13H24N2O4/c1-8-9-14-15(10(16)18-12(2,3)4)11(17)19-13(5,6)7/h8,14H,1,9H2,2-7H3. The van der Waals surface area contributed by atoms with E-state index in [1.165, 1.54) is 6.08 Å². The van der Waals surface area contributed by atoms with Crippen molar-refractivity contribution in [3.05, 3.63) is 12.7 Å². The van der Waals surface area contributed by atoms with Gasteiger partial charge in [0, 0.05) is 6.54 Å². The molecule has 0 rings (SSSR count). The van der Waals surface area contributed by atoms with Gasteiger partial charge in [0.25, 0.3) is 0 Å². The third-order valence-electron chi connectivity index (χ3n) is 1.55. The first-order chi connectivity index (χ1) is 8.46. The van der Waals surface area contributed by atoms with Crippen molar-refractivity contribution in [1.82, 2.24) is 10.4 Å². The first-order valence-electron chi connectivity index (χ1n) is 6.07. The minimum atomic E-state index is -0.816. The number of hydrazine groups is 1. The van der Waals surface area contributed by atoms with Crippen LogP contribution in [0.2, 0.25) is 0 Å². The molecule has 2 amide bonds. The van der Waals surface area contributed by atoms with Crippen molar-refractivity contribution >= 4 is 12.2 Å². The van der Waals surface area contributed by atoms with Gasteiger partial charge in [-0.15, -0.1) is 11.6 Å². The van der Waals surface area contributed by atoms with Gasteiger partial charge in [-0.1, -0.05) is 6.08 Å². The average Bonchev–Trinajstić information content (AvgIpc) is 2.12. The van der Waals surface area contributed by atoms with E-state index in [0.717, 1.165) is 0 Å². The second-order valence-electron chi connectivity index (χ2n) is 5.95. The molecule has 0 aromatic rings. The van der Waals surface area contributed by atoms with Gasteiger partial charge in [0.15, 0.2) is 0 Å². The Morgan fingerprint density at radius 2 is 1.42 bits per heavy atom. The summed E-state index contributed by atoms with van der Waals surface area (Å²) in [6.07, 6.45) is -0.117. The van der Waals surface area contributed by atoms with E-state index < -0.39 is 23.4 Å². The van der Waals surface area contributed by atoms with Gasteiger partial charge in [-0.25, -0.2) is 15.0 Å². The molecule has 0 aliphatic heterocycles. The molecular weight excluding hydrogens is 248 g/mol. The number of ether oxygens (including phenoxy) is 2. The maximum Gasteiger partial charge on any atom is 0.434 e. The maximum absolute atomic E-state index is 11.9. The highest BCUT2D eigenvalue weighted by molar-refractivity contribution is 5.87. The zero-order valence-corrected chi connectivity index (χ0v) is 12.6. The zero-order valence-electron chi connectivity index (χ0n) is 12.6. The summed E-state index contributed by atoms with van der Waals surface area (Å²) in [5.41, 5.74) is 1.18. The molecule has 19 heavy (non-hydrogen) atoms. The third-order valence-corrected chi connectivity index (χ3v) is 1.55. The molecule has 0 aromatic carbocycles. The molecule has 0 heterocycles. The number of rotatable bonds is 3. The van der Waals surface area contributed by atoms with E-state index in [1.807, 2.05) is 0 Å². The molecule has 6 heteroatoms. The maximum atomic E-state index is 11.9. The molecule has 6 nitrogen and oxygen atoms in total. The fraction of sp³-hybridized carbons (Fsp3) is 0.692. The molecule has 0 aliphatic rings. The Balaban J connectivity index is 4.84. The number of nitrogens with zero attached hydrogens (tertiary/aromatic N) is 1. The molecule has 0 unspecified atom stereocenters. The minimum absolute atomic E-state index is 0.235. The van der Waals surface area contributed by atoms with Crippen LogP contribution in [0.15, 0.2) is 12.7 Å². The highest BCUT2D eigenvalue weighted by atomic mass is 16.6. The monoisotopic (exact) mass is 272 g/mol. The number of imide groups is 1. The van der Waals surface area contributed by atoms with Crippen molar-refractivity contribution in [2.24, 2.45) is 0 Å². The van der Waals surface area contributed by atoms with Gasteiger partial charge in [0.1, 0.15) is 11.2 Å². The highest BCUT2D eigenvalue weighted by Crippen LogP contribution is 2.13. The predicted molar refractivity (Wildman–Crippen MR) is 72.5 cm³/mol. The first kappa shape index (κ1) is 17.4. The van der Waals surface area contributed by atoms with E-state index in [1.54, 1.807) is 41.5 Å². The van der Waals surface area contributed by atoms with Gasteiger partial charge in [-0.05, 0) is 41.5 Å². The lowest BCUT2D eigenvalue weighted by Crippen LogP contribution is -2.50. The summed E-state index contributed by atoms with van der Waals surface area (Å²) >= 11 is 0. The fourth-order valence-corrected chi connectivity index (χ4v) is 0.975. The summed E-state index contributed by atoms with van der Waals surface area (Å²) in [4.78, 5) is 23.8. The van der Waals surface area contributed by atoms with Crippen LogP contribution in [-0.2, 0) is 9.47 Å². The van der Waals surface area contributed by atoms with E-state index in [9.17, 15) is 9.59 Å². The van der Waals surface area contributed by atoms with Crippen molar-refractivity contribution in [3.63, 3.8) is 0 Å². The largest absolute Gasteiger partial charge is 0.442 e. The van der Waals surface area contributed by atoms with Gasteiger partial charge in [-0.3, -0.25) is 0 Å². The zero-order chi connectivity index (χ0) is 15.3. The van der Waals surface area contributed by atoms with Crippen molar-refractivity contribution in [2.45, 2.75) is 52.7 Å². The minimum Gasteiger partial charge on any atom is -0.442 e. The lowest BCUT2D eigenvalue weighted by atomic mass is 10.2. The smallest absolute Gasteiger partial charge is 0.434 e. The van der Waals surface area contributed by atoms with Crippen LogP contribution >= 0.6 is 0 Å². The van der Waals surface area contributed by atoms with Crippen LogP contribution in [-0.4, -0.2) is 34.9 Å². The number of amides is 2. The Morgan fingerprint density at radius 1 is 1.05 bits per heavy atom. The number of nitrogens with one attached hydrogen (secondary N) is 1. The van der Waals surface area contributed by atoms with Gasteiger partial charge in [0.2, 0.25) is 0 Å². The number of carbonyl (C=O) groups is 2.